The van der Waals surface area contributed by atoms with Gasteiger partial charge in [0.1, 0.15) is 0 Å². The van der Waals surface area contributed by atoms with Crippen LogP contribution in [0.1, 0.15) is 13.3 Å². The third-order valence-electron chi connectivity index (χ3n) is 0.732. The van der Waals surface area contributed by atoms with Gasteiger partial charge in [0.2, 0.25) is 0 Å². The lowest BCUT2D eigenvalue weighted by Gasteiger charge is -1.78. The quantitative estimate of drug-likeness (QED) is 0.583. The summed E-state index contributed by atoms with van der Waals surface area (Å²) in [6, 6.07) is 0. The van der Waals surface area contributed by atoms with Crippen molar-refractivity contribution in [3.05, 3.63) is 24.3 Å². The molecule has 0 aromatic rings. The van der Waals surface area contributed by atoms with Crippen LogP contribution in [0.4, 0.5) is 0 Å². The van der Waals surface area contributed by atoms with Crippen LogP contribution < -0.4 is 0 Å². The molecule has 0 atom stereocenters. The fourth-order valence-corrected chi connectivity index (χ4v) is 0.359. The predicted octanol–water partition coefficient (Wildman–Crippen LogP) is 1.59. The third-order valence-corrected chi connectivity index (χ3v) is 0.732. The smallest absolute Gasteiger partial charge is 0.307 e. The van der Waals surface area contributed by atoms with Crippen molar-refractivity contribution in [2.75, 3.05) is 0 Å². The summed E-state index contributed by atoms with van der Waals surface area (Å²) in [5.41, 5.74) is 0. The lowest BCUT2D eigenvalue weighted by atomic mass is 10.3. The largest absolute Gasteiger partial charge is 0.481 e. The number of hydrogen-bond acceptors (Lipinski definition) is 1. The summed E-state index contributed by atoms with van der Waals surface area (Å²) >= 11 is 0. The second kappa shape index (κ2) is 5.09. The van der Waals surface area contributed by atoms with E-state index in [1.54, 1.807) is 18.2 Å². The Bertz CT molecular complexity index is 134. The number of rotatable bonds is 3. The predicted molar refractivity (Wildman–Crippen MR) is 36.2 cm³/mol. The van der Waals surface area contributed by atoms with E-state index < -0.39 is 5.97 Å². The highest BCUT2D eigenvalue weighted by atomic mass is 16.4. The average molecular weight is 126 g/mol. The minimum Gasteiger partial charge on any atom is -0.481 e. The molecule has 0 saturated carbocycles. The van der Waals surface area contributed by atoms with Crippen LogP contribution in [0.3, 0.4) is 0 Å². The van der Waals surface area contributed by atoms with E-state index in [9.17, 15) is 4.79 Å². The van der Waals surface area contributed by atoms with Crippen molar-refractivity contribution in [1.82, 2.24) is 0 Å². The molecule has 0 aromatic heterocycles. The van der Waals surface area contributed by atoms with Crippen LogP contribution in [0.25, 0.3) is 0 Å². The first-order valence-corrected chi connectivity index (χ1v) is 2.77. The van der Waals surface area contributed by atoms with Crippen molar-refractivity contribution in [1.29, 1.82) is 0 Å². The van der Waals surface area contributed by atoms with Gasteiger partial charge in [0.15, 0.2) is 0 Å². The van der Waals surface area contributed by atoms with Gasteiger partial charge in [-0.2, -0.15) is 0 Å². The Morgan fingerprint density at radius 1 is 1.56 bits per heavy atom. The highest BCUT2D eigenvalue weighted by Crippen LogP contribution is 1.82. The number of allylic oxidation sites excluding steroid dienone is 3. The normalized spacial score (nSPS) is 11.2. The molecule has 0 unspecified atom stereocenters. The lowest BCUT2D eigenvalue weighted by molar-refractivity contribution is -0.135. The van der Waals surface area contributed by atoms with Gasteiger partial charge in [-0.15, -0.1) is 0 Å². The molecule has 0 heterocycles. The zero-order valence-electron chi connectivity index (χ0n) is 5.37. The van der Waals surface area contributed by atoms with Crippen molar-refractivity contribution in [2.24, 2.45) is 0 Å². The Morgan fingerprint density at radius 2 is 2.22 bits per heavy atom. The van der Waals surface area contributed by atoms with E-state index in [4.69, 9.17) is 5.11 Å². The van der Waals surface area contributed by atoms with Gasteiger partial charge in [0.05, 0.1) is 6.42 Å². The molecule has 0 rings (SSSR count). The van der Waals surface area contributed by atoms with Crippen molar-refractivity contribution in [3.8, 4) is 0 Å². The Hall–Kier alpha value is -1.05. The third kappa shape index (κ3) is 6.95. The van der Waals surface area contributed by atoms with Crippen LogP contribution in [0.5, 0.6) is 0 Å². The summed E-state index contributed by atoms with van der Waals surface area (Å²) in [4.78, 5) is 9.89. The molecule has 9 heavy (non-hydrogen) atoms. The maximum atomic E-state index is 9.89. The van der Waals surface area contributed by atoms with Gasteiger partial charge in [0, 0.05) is 0 Å². The second-order valence-electron chi connectivity index (χ2n) is 1.55. The fraction of sp³-hybridized carbons (Fsp3) is 0.286. The summed E-state index contributed by atoms with van der Waals surface area (Å²) in [6.45, 7) is 1.88. The van der Waals surface area contributed by atoms with Crippen LogP contribution in [0.15, 0.2) is 24.3 Å². The summed E-state index contributed by atoms with van der Waals surface area (Å²) < 4.78 is 0. The Morgan fingerprint density at radius 3 is 2.67 bits per heavy atom. The van der Waals surface area contributed by atoms with E-state index in [2.05, 4.69) is 0 Å². The van der Waals surface area contributed by atoms with E-state index in [0.29, 0.717) is 0 Å². The Balaban J connectivity index is 3.36. The van der Waals surface area contributed by atoms with E-state index in [0.717, 1.165) is 0 Å². The molecule has 2 heteroatoms. The van der Waals surface area contributed by atoms with E-state index in [1.807, 2.05) is 13.0 Å². The van der Waals surface area contributed by atoms with Gasteiger partial charge in [-0.05, 0) is 6.92 Å². The number of carboxylic acid groups (broad SMARTS) is 1. The van der Waals surface area contributed by atoms with Crippen LogP contribution in [-0.2, 0) is 4.79 Å². The molecule has 0 aliphatic heterocycles. The molecule has 0 bridgehead atoms. The molecule has 0 aliphatic rings. The Labute approximate surface area is 54.5 Å². The standard InChI is InChI=1S/C7H10O2/c1-2-3-4-5-6-7(8)9/h2-5H,6H2,1H3,(H,8,9)/b3-2+,5-4+. The zero-order valence-corrected chi connectivity index (χ0v) is 5.37. The fourth-order valence-electron chi connectivity index (χ4n) is 0.359. The molecule has 50 valence electrons. The summed E-state index contributed by atoms with van der Waals surface area (Å²) in [6.07, 6.45) is 7.06. The molecule has 0 fully saturated rings. The molecular weight excluding hydrogens is 116 g/mol. The van der Waals surface area contributed by atoms with E-state index in [1.165, 1.54) is 0 Å². The second-order valence-corrected chi connectivity index (χ2v) is 1.55. The molecule has 1 N–H and O–H groups in total. The topological polar surface area (TPSA) is 37.3 Å². The highest BCUT2D eigenvalue weighted by Gasteiger charge is 1.86. The summed E-state index contributed by atoms with van der Waals surface area (Å²) in [5.74, 6) is -0.796. The summed E-state index contributed by atoms with van der Waals surface area (Å²) in [7, 11) is 0. The maximum Gasteiger partial charge on any atom is 0.307 e. The minimum atomic E-state index is -0.796. The van der Waals surface area contributed by atoms with Gasteiger partial charge in [-0.3, -0.25) is 4.79 Å². The van der Waals surface area contributed by atoms with Gasteiger partial charge >= 0.3 is 5.97 Å². The molecule has 0 amide bonds. The van der Waals surface area contributed by atoms with Crippen molar-refractivity contribution >= 4 is 5.97 Å². The zero-order chi connectivity index (χ0) is 7.11. The molecule has 0 spiro atoms. The minimum absolute atomic E-state index is 0.102. The molecule has 0 aromatic carbocycles. The first kappa shape index (κ1) is 7.95. The van der Waals surface area contributed by atoms with Gasteiger partial charge < -0.3 is 5.11 Å². The first-order valence-electron chi connectivity index (χ1n) is 2.77. The van der Waals surface area contributed by atoms with Gasteiger partial charge in [-0.1, -0.05) is 24.3 Å². The van der Waals surface area contributed by atoms with Gasteiger partial charge in [0.25, 0.3) is 0 Å². The van der Waals surface area contributed by atoms with Crippen LogP contribution >= 0.6 is 0 Å². The van der Waals surface area contributed by atoms with E-state index in [-0.39, 0.29) is 6.42 Å². The SMILES string of the molecule is C/C=C/C=C/CC(=O)O. The molecule has 0 radical (unpaired) electrons. The molecule has 2 nitrogen and oxygen atoms in total. The monoisotopic (exact) mass is 126 g/mol. The van der Waals surface area contributed by atoms with E-state index >= 15 is 0 Å². The van der Waals surface area contributed by atoms with Crippen LogP contribution in [-0.4, -0.2) is 11.1 Å². The maximum absolute atomic E-state index is 9.89. The number of carbonyl (C=O) groups is 1. The summed E-state index contributed by atoms with van der Waals surface area (Å²) in [5, 5.41) is 8.14. The number of hydrogen-bond donors (Lipinski definition) is 1. The lowest BCUT2D eigenvalue weighted by Crippen LogP contribution is -1.89. The van der Waals surface area contributed by atoms with Crippen molar-refractivity contribution in [3.63, 3.8) is 0 Å². The molecule has 0 aliphatic carbocycles. The van der Waals surface area contributed by atoms with Crippen LogP contribution in [0.2, 0.25) is 0 Å². The average Bonchev–Trinajstić information content (AvgIpc) is 1.80. The molecule has 0 saturated heterocycles. The highest BCUT2D eigenvalue weighted by molar-refractivity contribution is 5.68. The number of aliphatic carboxylic acids is 1. The van der Waals surface area contributed by atoms with Crippen molar-refractivity contribution in [2.45, 2.75) is 13.3 Å². The van der Waals surface area contributed by atoms with Gasteiger partial charge in [-0.25, -0.2) is 0 Å². The van der Waals surface area contributed by atoms with Crippen molar-refractivity contribution < 1.29 is 9.90 Å². The van der Waals surface area contributed by atoms with Crippen LogP contribution in [0, 0.1) is 0 Å². The first-order chi connectivity index (χ1) is 4.27. The molecular formula is C7H10O2. The Kier molecular flexibility index (Phi) is 4.50. The number of carboxylic acids is 1.